The molecule has 3 nitrogen and oxygen atoms in total. The number of primary amides is 2. The number of nitrogens with two attached hydrogens (primary N) is 2. The molecule has 7 heavy (non-hydrogen) atoms. The van der Waals surface area contributed by atoms with E-state index in [4.69, 9.17) is 17.6 Å². The van der Waals surface area contributed by atoms with E-state index in [1.54, 1.807) is 0 Å². The summed E-state index contributed by atoms with van der Waals surface area (Å²) in [6.45, 7) is 0. The fourth-order valence-electron chi connectivity index (χ4n) is 0. The summed E-state index contributed by atoms with van der Waals surface area (Å²) >= 11 is -0.931. The summed E-state index contributed by atoms with van der Waals surface area (Å²) in [5.74, 6) is 0. The Morgan fingerprint density at radius 3 is 1.43 bits per heavy atom. The number of hydrogen-bond donors (Lipinski definition) is 2. The first-order chi connectivity index (χ1) is 3.15. The Kier molecular flexibility index (Phi) is 15.9. The molecule has 0 rings (SSSR count). The van der Waals surface area contributed by atoms with E-state index in [0.717, 1.165) is 0 Å². The van der Waals surface area contributed by atoms with Crippen molar-refractivity contribution in [1.82, 2.24) is 0 Å². The number of amides is 2. The van der Waals surface area contributed by atoms with Crippen LogP contribution >= 0.6 is 12.8 Å². The van der Waals surface area contributed by atoms with Gasteiger partial charge in [0.2, 0.25) is 0 Å². The molecule has 0 bridgehead atoms. The Balaban J connectivity index is 0. The molecule has 0 atom stereocenters. The number of rotatable bonds is 0. The maximum absolute atomic E-state index is 9.00. The summed E-state index contributed by atoms with van der Waals surface area (Å²) in [6, 6.07) is -0.833. The van der Waals surface area contributed by atoms with E-state index in [-0.39, 0.29) is 0 Å². The third-order valence-corrected chi connectivity index (χ3v) is 0. The summed E-state index contributed by atoms with van der Waals surface area (Å²) in [5, 5.41) is 0. The minimum atomic E-state index is -0.931. The molecule has 0 aromatic heterocycles. The Hall–Kier alpha value is 1.11. The molecule has 0 aliphatic rings. The van der Waals surface area contributed by atoms with Gasteiger partial charge in [-0.1, -0.05) is 0 Å². The first kappa shape index (κ1) is 11.0. The molecule has 0 spiro atoms. The SMILES string of the molecule is NC(N)=O.[Cl][Ca][Cl]. The van der Waals surface area contributed by atoms with Crippen LogP contribution in [-0.2, 0) is 0 Å². The standard InChI is InChI=1S/CH4N2O.Ca.2ClH/c2-1(3)4;;;/h(H4,2,3,4);;2*1H/q;+2;;/p-2. The van der Waals surface area contributed by atoms with Gasteiger partial charge < -0.3 is 11.5 Å². The molecule has 4 N–H and O–H groups in total. The van der Waals surface area contributed by atoms with Gasteiger partial charge in [0.15, 0.2) is 0 Å². The minimum absolute atomic E-state index is 0.833. The van der Waals surface area contributed by atoms with Crippen molar-refractivity contribution >= 4 is 49.7 Å². The number of halogens is 2. The third-order valence-electron chi connectivity index (χ3n) is 0. The van der Waals surface area contributed by atoms with Crippen molar-refractivity contribution in [3.05, 3.63) is 0 Å². The summed E-state index contributed by atoms with van der Waals surface area (Å²) in [4.78, 5) is 9.00. The molecule has 0 saturated heterocycles. The zero-order valence-electron chi connectivity index (χ0n) is 3.53. The maximum atomic E-state index is 9.00. The van der Waals surface area contributed by atoms with E-state index in [9.17, 15) is 0 Å². The van der Waals surface area contributed by atoms with Crippen LogP contribution in [0.2, 0.25) is 0 Å². The van der Waals surface area contributed by atoms with Crippen LogP contribution in [0.4, 0.5) is 4.79 Å². The van der Waals surface area contributed by atoms with Crippen LogP contribution < -0.4 is 11.5 Å². The normalized spacial score (nSPS) is 4.86. The first-order valence-corrected chi connectivity index (χ1v) is 7.39. The van der Waals surface area contributed by atoms with Gasteiger partial charge in [-0.05, 0) is 0 Å². The molecule has 40 valence electrons. The van der Waals surface area contributed by atoms with E-state index in [0.29, 0.717) is 0 Å². The predicted octanol–water partition coefficient (Wildman–Crippen LogP) is 0.0220. The Morgan fingerprint density at radius 2 is 1.43 bits per heavy atom. The fraction of sp³-hybridized carbons (Fsp3) is 0. The van der Waals surface area contributed by atoms with Gasteiger partial charge in [-0.2, -0.15) is 0 Å². The van der Waals surface area contributed by atoms with Crippen molar-refractivity contribution in [3.8, 4) is 0 Å². The summed E-state index contributed by atoms with van der Waals surface area (Å²) in [6.07, 6.45) is 9.90. The molecule has 0 radical (unpaired) electrons. The van der Waals surface area contributed by atoms with Gasteiger partial charge in [0.05, 0.1) is 0 Å². The molecule has 0 aromatic carbocycles. The van der Waals surface area contributed by atoms with Crippen molar-refractivity contribution in [2.45, 2.75) is 0 Å². The van der Waals surface area contributed by atoms with Gasteiger partial charge in [-0.25, -0.2) is 4.79 Å². The zero-order chi connectivity index (χ0) is 6.28. The molecular formula is CH4CaCl2N2O. The monoisotopic (exact) mass is 170 g/mol. The second-order valence-corrected chi connectivity index (χ2v) is 4.15. The van der Waals surface area contributed by atoms with Crippen LogP contribution in [0.1, 0.15) is 0 Å². The van der Waals surface area contributed by atoms with Gasteiger partial charge in [0, 0.05) is 0 Å². The fourth-order valence-corrected chi connectivity index (χ4v) is 0. The van der Waals surface area contributed by atoms with Crippen LogP contribution in [0.25, 0.3) is 0 Å². The van der Waals surface area contributed by atoms with E-state index in [2.05, 4.69) is 11.5 Å². The van der Waals surface area contributed by atoms with Crippen molar-refractivity contribution in [1.29, 1.82) is 0 Å². The number of urea groups is 1. The quantitative estimate of drug-likeness (QED) is 0.495. The van der Waals surface area contributed by atoms with Crippen molar-refractivity contribution in [3.63, 3.8) is 0 Å². The van der Waals surface area contributed by atoms with Crippen LogP contribution in [0.15, 0.2) is 0 Å². The van der Waals surface area contributed by atoms with Gasteiger partial charge >= 0.3 is 49.7 Å². The second kappa shape index (κ2) is 10.2. The van der Waals surface area contributed by atoms with Crippen LogP contribution in [0.3, 0.4) is 0 Å². The van der Waals surface area contributed by atoms with E-state index >= 15 is 0 Å². The molecule has 0 fully saturated rings. The van der Waals surface area contributed by atoms with Crippen LogP contribution in [0.5, 0.6) is 0 Å². The number of carbonyl (C=O) groups excluding carboxylic acids is 1. The van der Waals surface area contributed by atoms with Crippen LogP contribution in [-0.4, -0.2) is 36.9 Å². The molecule has 0 aliphatic carbocycles. The Labute approximate surface area is 65.1 Å². The predicted molar refractivity (Wildman–Crippen MR) is 31.2 cm³/mol. The molecule has 2 amide bonds. The second-order valence-electron chi connectivity index (χ2n) is 0.503. The summed E-state index contributed by atoms with van der Waals surface area (Å²) in [7, 11) is 0. The molecular weight excluding hydrogens is 167 g/mol. The molecule has 0 heterocycles. The average molecular weight is 171 g/mol. The average Bonchev–Trinajstić information content (AvgIpc) is 1.33. The van der Waals surface area contributed by atoms with Gasteiger partial charge in [-0.3, -0.25) is 0 Å². The van der Waals surface area contributed by atoms with E-state index < -0.39 is 36.9 Å². The Bertz CT molecular complexity index is 47.0. The third kappa shape index (κ3) is 151. The molecule has 0 unspecified atom stereocenters. The van der Waals surface area contributed by atoms with Crippen molar-refractivity contribution in [2.24, 2.45) is 11.5 Å². The molecule has 0 saturated carbocycles. The van der Waals surface area contributed by atoms with Gasteiger partial charge in [0.1, 0.15) is 0 Å². The number of carbonyl (C=O) groups is 1. The molecule has 0 aromatic rings. The zero-order valence-corrected chi connectivity index (χ0v) is 7.25. The molecule has 6 heteroatoms. The van der Waals surface area contributed by atoms with E-state index in [1.807, 2.05) is 0 Å². The van der Waals surface area contributed by atoms with Crippen molar-refractivity contribution < 1.29 is 4.79 Å². The molecule has 0 aliphatic heterocycles. The topological polar surface area (TPSA) is 69.1 Å². The van der Waals surface area contributed by atoms with Crippen LogP contribution in [0, 0.1) is 0 Å². The summed E-state index contributed by atoms with van der Waals surface area (Å²) < 4.78 is 0. The first-order valence-electron chi connectivity index (χ1n) is 1.32. The van der Waals surface area contributed by atoms with Gasteiger partial charge in [-0.15, -0.1) is 0 Å². The van der Waals surface area contributed by atoms with Gasteiger partial charge in [0.25, 0.3) is 0 Å². The Morgan fingerprint density at radius 1 is 1.43 bits per heavy atom. The van der Waals surface area contributed by atoms with Crippen molar-refractivity contribution in [2.75, 3.05) is 0 Å². The summed E-state index contributed by atoms with van der Waals surface area (Å²) in [5.41, 5.74) is 8.50. The van der Waals surface area contributed by atoms with E-state index in [1.165, 1.54) is 0 Å². The number of hydrogen-bond acceptors (Lipinski definition) is 1.